The Balaban J connectivity index is 1.63. The zero-order valence-corrected chi connectivity index (χ0v) is 17.2. The average molecular weight is 393 g/mol. The summed E-state index contributed by atoms with van der Waals surface area (Å²) in [5, 5.41) is 12.2. The third-order valence-corrected chi connectivity index (χ3v) is 5.41. The third-order valence-electron chi connectivity index (χ3n) is 5.41. The average Bonchev–Trinajstić information content (AvgIpc) is 3.17. The fourth-order valence-electron chi connectivity index (χ4n) is 3.87. The highest BCUT2D eigenvalue weighted by atomic mass is 15.3. The minimum Gasteiger partial charge on any atom is -0.325 e. The van der Waals surface area contributed by atoms with Gasteiger partial charge in [0.1, 0.15) is 5.82 Å². The van der Waals surface area contributed by atoms with Crippen LogP contribution in [0.2, 0.25) is 0 Å². The highest BCUT2D eigenvalue weighted by Gasteiger charge is 2.26. The van der Waals surface area contributed by atoms with Crippen LogP contribution in [-0.2, 0) is 12.8 Å². The van der Waals surface area contributed by atoms with E-state index in [1.54, 1.807) is 12.1 Å². The van der Waals surface area contributed by atoms with Crippen molar-refractivity contribution in [3.8, 4) is 18.4 Å². The lowest BCUT2D eigenvalue weighted by Crippen LogP contribution is -2.16. The SMILES string of the molecule is C#CCCc1ccc(N2CCc3c(C)nc(Nc4ccc(C#N)cc4)nc32)c(C)c1. The number of rotatable bonds is 5. The number of aryl methyl sites for hydroxylation is 3. The molecule has 0 fully saturated rings. The molecule has 0 saturated heterocycles. The number of hydrogen-bond acceptors (Lipinski definition) is 5. The third kappa shape index (κ3) is 3.83. The summed E-state index contributed by atoms with van der Waals surface area (Å²) in [5.41, 5.74) is 7.30. The highest BCUT2D eigenvalue weighted by Crippen LogP contribution is 2.37. The van der Waals surface area contributed by atoms with Crippen molar-refractivity contribution in [3.05, 3.63) is 70.4 Å². The minimum atomic E-state index is 0.561. The van der Waals surface area contributed by atoms with Gasteiger partial charge in [0.05, 0.1) is 11.6 Å². The van der Waals surface area contributed by atoms with Crippen LogP contribution in [0.5, 0.6) is 0 Å². The van der Waals surface area contributed by atoms with E-state index in [-0.39, 0.29) is 0 Å². The maximum atomic E-state index is 8.97. The molecule has 0 atom stereocenters. The van der Waals surface area contributed by atoms with Gasteiger partial charge in [0, 0.05) is 35.6 Å². The topological polar surface area (TPSA) is 64.8 Å². The number of nitrogens with zero attached hydrogens (tertiary/aromatic N) is 4. The second-order valence-corrected chi connectivity index (χ2v) is 7.48. The molecule has 4 rings (SSSR count). The first-order valence-corrected chi connectivity index (χ1v) is 10.0. The van der Waals surface area contributed by atoms with Crippen molar-refractivity contribution in [2.75, 3.05) is 16.8 Å². The van der Waals surface area contributed by atoms with Gasteiger partial charge in [-0.15, -0.1) is 12.3 Å². The predicted octanol–water partition coefficient (Wildman–Crippen LogP) is 4.97. The lowest BCUT2D eigenvalue weighted by Gasteiger charge is -2.22. The van der Waals surface area contributed by atoms with Crippen molar-refractivity contribution < 1.29 is 0 Å². The summed E-state index contributed by atoms with van der Waals surface area (Å²) in [6.07, 6.45) is 7.98. The van der Waals surface area contributed by atoms with Crippen molar-refractivity contribution in [1.29, 1.82) is 5.26 Å². The molecule has 2 heterocycles. The first-order valence-electron chi connectivity index (χ1n) is 10.0. The molecule has 148 valence electrons. The first-order chi connectivity index (χ1) is 14.6. The molecule has 0 saturated carbocycles. The van der Waals surface area contributed by atoms with E-state index in [1.807, 2.05) is 19.1 Å². The number of nitriles is 1. The second-order valence-electron chi connectivity index (χ2n) is 7.48. The molecule has 0 radical (unpaired) electrons. The van der Waals surface area contributed by atoms with Crippen LogP contribution in [-0.4, -0.2) is 16.5 Å². The molecule has 0 spiro atoms. The quantitative estimate of drug-likeness (QED) is 0.620. The van der Waals surface area contributed by atoms with Crippen LogP contribution in [0.3, 0.4) is 0 Å². The highest BCUT2D eigenvalue weighted by molar-refractivity contribution is 5.71. The monoisotopic (exact) mass is 393 g/mol. The van der Waals surface area contributed by atoms with Crippen LogP contribution in [0.25, 0.3) is 0 Å². The van der Waals surface area contributed by atoms with E-state index in [2.05, 4.69) is 52.3 Å². The minimum absolute atomic E-state index is 0.561. The number of hydrogen-bond donors (Lipinski definition) is 1. The fourth-order valence-corrected chi connectivity index (χ4v) is 3.87. The van der Waals surface area contributed by atoms with Crippen molar-refractivity contribution >= 4 is 23.1 Å². The molecule has 3 aromatic rings. The lowest BCUT2D eigenvalue weighted by atomic mass is 10.1. The molecular weight excluding hydrogens is 370 g/mol. The Morgan fingerprint density at radius 1 is 1.13 bits per heavy atom. The van der Waals surface area contributed by atoms with Crippen LogP contribution >= 0.6 is 0 Å². The number of anilines is 4. The molecule has 5 nitrogen and oxygen atoms in total. The van der Waals surface area contributed by atoms with Gasteiger partial charge in [0.25, 0.3) is 0 Å². The number of benzene rings is 2. The molecule has 1 aliphatic rings. The smallest absolute Gasteiger partial charge is 0.229 e. The second kappa shape index (κ2) is 8.27. The van der Waals surface area contributed by atoms with E-state index in [4.69, 9.17) is 16.7 Å². The Morgan fingerprint density at radius 2 is 1.93 bits per heavy atom. The molecule has 30 heavy (non-hydrogen) atoms. The normalized spacial score (nSPS) is 12.2. The number of fused-ring (bicyclic) bond motifs is 1. The number of terminal acetylenes is 1. The molecule has 0 bridgehead atoms. The lowest BCUT2D eigenvalue weighted by molar-refractivity contribution is 0.974. The summed E-state index contributed by atoms with van der Waals surface area (Å²) in [5.74, 6) is 4.22. The Hall–Kier alpha value is -3.83. The van der Waals surface area contributed by atoms with Gasteiger partial charge in [0.2, 0.25) is 5.95 Å². The zero-order valence-electron chi connectivity index (χ0n) is 17.2. The number of nitrogens with one attached hydrogen (secondary N) is 1. The molecule has 2 aromatic carbocycles. The van der Waals surface area contributed by atoms with Crippen molar-refractivity contribution in [2.24, 2.45) is 0 Å². The van der Waals surface area contributed by atoms with E-state index in [1.165, 1.54) is 22.4 Å². The Morgan fingerprint density at radius 3 is 2.63 bits per heavy atom. The van der Waals surface area contributed by atoms with Gasteiger partial charge in [-0.05, 0) is 68.1 Å². The molecule has 0 amide bonds. The van der Waals surface area contributed by atoms with E-state index in [9.17, 15) is 0 Å². The van der Waals surface area contributed by atoms with Gasteiger partial charge in [-0.3, -0.25) is 0 Å². The maximum Gasteiger partial charge on any atom is 0.229 e. The molecule has 1 aliphatic heterocycles. The summed E-state index contributed by atoms with van der Waals surface area (Å²) in [6.45, 7) is 5.05. The van der Waals surface area contributed by atoms with Crippen LogP contribution < -0.4 is 10.2 Å². The molecule has 0 unspecified atom stereocenters. The van der Waals surface area contributed by atoms with Crippen molar-refractivity contribution in [2.45, 2.75) is 33.1 Å². The van der Waals surface area contributed by atoms with E-state index in [0.717, 1.165) is 43.0 Å². The molecule has 0 aliphatic carbocycles. The summed E-state index contributed by atoms with van der Waals surface area (Å²) in [6, 6.07) is 15.9. The summed E-state index contributed by atoms with van der Waals surface area (Å²) in [7, 11) is 0. The molecular formula is C25H23N5. The standard InChI is InChI=1S/C25H23N5/c1-4-5-6-19-9-12-23(17(2)15-19)30-14-13-22-18(3)27-25(29-24(22)30)28-21-10-7-20(16-26)8-11-21/h1,7-12,15H,5-6,13-14H2,2-3H3,(H,27,28,29). The molecule has 5 heteroatoms. The fraction of sp³-hybridized carbons (Fsp3) is 0.240. The Labute approximate surface area is 177 Å². The van der Waals surface area contributed by atoms with Gasteiger partial charge >= 0.3 is 0 Å². The van der Waals surface area contributed by atoms with Crippen LogP contribution in [0.15, 0.2) is 42.5 Å². The maximum absolute atomic E-state index is 8.97. The zero-order chi connectivity index (χ0) is 21.1. The van der Waals surface area contributed by atoms with Gasteiger partial charge in [-0.2, -0.15) is 10.2 Å². The van der Waals surface area contributed by atoms with Crippen molar-refractivity contribution in [3.63, 3.8) is 0 Å². The van der Waals surface area contributed by atoms with Crippen LogP contribution in [0.4, 0.5) is 23.1 Å². The van der Waals surface area contributed by atoms with Gasteiger partial charge < -0.3 is 10.2 Å². The molecule has 1 aromatic heterocycles. The molecule has 1 N–H and O–H groups in total. The van der Waals surface area contributed by atoms with Gasteiger partial charge in [-0.1, -0.05) is 12.1 Å². The summed E-state index contributed by atoms with van der Waals surface area (Å²) >= 11 is 0. The first kappa shape index (κ1) is 19.5. The summed E-state index contributed by atoms with van der Waals surface area (Å²) in [4.78, 5) is 11.8. The van der Waals surface area contributed by atoms with E-state index in [0.29, 0.717) is 11.5 Å². The predicted molar refractivity (Wildman–Crippen MR) is 120 cm³/mol. The largest absolute Gasteiger partial charge is 0.325 e. The number of aromatic nitrogens is 2. The van der Waals surface area contributed by atoms with E-state index < -0.39 is 0 Å². The Kier molecular flexibility index (Phi) is 5.37. The van der Waals surface area contributed by atoms with Crippen molar-refractivity contribution in [1.82, 2.24) is 9.97 Å². The Bertz CT molecular complexity index is 1170. The van der Waals surface area contributed by atoms with Gasteiger partial charge in [-0.25, -0.2) is 4.98 Å². The van der Waals surface area contributed by atoms with Crippen LogP contribution in [0, 0.1) is 37.5 Å². The van der Waals surface area contributed by atoms with E-state index >= 15 is 0 Å². The van der Waals surface area contributed by atoms with Gasteiger partial charge in [0.15, 0.2) is 0 Å². The summed E-state index contributed by atoms with van der Waals surface area (Å²) < 4.78 is 0. The van der Waals surface area contributed by atoms with Crippen LogP contribution in [0.1, 0.15) is 34.4 Å².